The Labute approximate surface area is 175 Å². The molecule has 0 spiro atoms. The standard InChI is InChI=1S/C21H22ClN2O4P/c1-20(2)12-18(25)24(21(3,4)29(27)28)17-11-15(9-10-16(17)20)23-19(26)13-5-7-14(22)8-6-13/h5-11H,12H2,1-4H3,(H,23,26). The molecule has 29 heavy (non-hydrogen) atoms. The zero-order chi connectivity index (χ0) is 21.6. The molecule has 6 nitrogen and oxygen atoms in total. The third-order valence-electron chi connectivity index (χ3n) is 5.17. The van der Waals surface area contributed by atoms with Crippen LogP contribution in [-0.2, 0) is 19.3 Å². The highest BCUT2D eigenvalue weighted by molar-refractivity contribution is 7.33. The first-order valence-electron chi connectivity index (χ1n) is 9.12. The summed E-state index contributed by atoms with van der Waals surface area (Å²) in [6.07, 6.45) is 0.198. The number of carbonyl (C=O) groups excluding carboxylic acids is 2. The van der Waals surface area contributed by atoms with Crippen molar-refractivity contribution in [1.29, 1.82) is 0 Å². The molecule has 1 aliphatic heterocycles. The number of nitrogens with one attached hydrogen (secondary N) is 1. The highest BCUT2D eigenvalue weighted by Gasteiger charge is 2.45. The maximum Gasteiger partial charge on any atom is 0.341 e. The normalized spacial score (nSPS) is 15.6. The molecule has 152 valence electrons. The van der Waals surface area contributed by atoms with Crippen molar-refractivity contribution in [2.24, 2.45) is 0 Å². The zero-order valence-corrected chi connectivity index (χ0v) is 18.3. The lowest BCUT2D eigenvalue weighted by Crippen LogP contribution is -2.50. The molecule has 0 bridgehead atoms. The Kier molecular flexibility index (Phi) is 5.46. The largest absolute Gasteiger partial charge is 0.341 e. The summed E-state index contributed by atoms with van der Waals surface area (Å²) in [7, 11) is -2.91. The number of nitrogens with zero attached hydrogens (tertiary/aromatic N) is 1. The fourth-order valence-corrected chi connectivity index (χ4v) is 4.05. The molecule has 0 atom stereocenters. The van der Waals surface area contributed by atoms with E-state index in [0.29, 0.717) is 22.0 Å². The molecule has 0 fully saturated rings. The molecule has 0 aliphatic carbocycles. The van der Waals surface area contributed by atoms with Gasteiger partial charge in [-0.15, -0.1) is 0 Å². The van der Waals surface area contributed by atoms with E-state index in [0.717, 1.165) is 5.56 Å². The molecule has 0 radical (unpaired) electrons. The van der Waals surface area contributed by atoms with Crippen LogP contribution < -0.4 is 10.2 Å². The van der Waals surface area contributed by atoms with Crippen LogP contribution in [0.3, 0.4) is 0 Å². The van der Waals surface area contributed by atoms with Gasteiger partial charge in [-0.2, -0.15) is 0 Å². The first-order chi connectivity index (χ1) is 13.4. The van der Waals surface area contributed by atoms with Crippen LogP contribution in [0.1, 0.15) is 50.0 Å². The van der Waals surface area contributed by atoms with E-state index >= 15 is 0 Å². The number of anilines is 2. The molecular formula is C21H22ClN2O4P. The second-order valence-electron chi connectivity index (χ2n) is 8.23. The topological polar surface area (TPSA) is 83.6 Å². The Bertz CT molecular complexity index is 1050. The van der Waals surface area contributed by atoms with Gasteiger partial charge in [0.25, 0.3) is 5.91 Å². The summed E-state index contributed by atoms with van der Waals surface area (Å²) in [6, 6.07) is 11.7. The Morgan fingerprint density at radius 2 is 1.76 bits per heavy atom. The Morgan fingerprint density at radius 3 is 2.34 bits per heavy atom. The van der Waals surface area contributed by atoms with Crippen LogP contribution in [-0.4, -0.2) is 17.1 Å². The van der Waals surface area contributed by atoms with Crippen molar-refractivity contribution in [3.8, 4) is 0 Å². The number of hydrogen-bond acceptors (Lipinski definition) is 4. The fraction of sp³-hybridized carbons (Fsp3) is 0.333. The molecule has 3 rings (SSSR count). The molecule has 2 amide bonds. The summed E-state index contributed by atoms with van der Waals surface area (Å²) in [5.74, 6) is -0.600. The third-order valence-corrected chi connectivity index (χ3v) is 6.51. The molecule has 1 N–H and O–H groups in total. The lowest BCUT2D eigenvalue weighted by atomic mass is 9.77. The summed E-state index contributed by atoms with van der Waals surface area (Å²) < 4.78 is 23.7. The van der Waals surface area contributed by atoms with Gasteiger partial charge in [-0.05, 0) is 55.8 Å². The first kappa shape index (κ1) is 21.3. The summed E-state index contributed by atoms with van der Waals surface area (Å²) in [6.45, 7) is 6.88. The number of benzene rings is 2. The van der Waals surface area contributed by atoms with E-state index in [1.54, 1.807) is 36.4 Å². The van der Waals surface area contributed by atoms with E-state index in [9.17, 15) is 18.7 Å². The van der Waals surface area contributed by atoms with Gasteiger partial charge in [0.2, 0.25) is 5.91 Å². The van der Waals surface area contributed by atoms with Gasteiger partial charge in [0.05, 0.1) is 5.69 Å². The van der Waals surface area contributed by atoms with Crippen molar-refractivity contribution in [2.75, 3.05) is 10.2 Å². The van der Waals surface area contributed by atoms with E-state index < -0.39 is 18.4 Å². The second-order valence-corrected chi connectivity index (χ2v) is 10.3. The predicted octanol–water partition coefficient (Wildman–Crippen LogP) is 5.52. The molecule has 0 unspecified atom stereocenters. The molecule has 8 heteroatoms. The SMILES string of the molecule is CC1(C)CC(=O)N(C(C)(C)P(=O)=O)c2cc(NC(=O)c3ccc(Cl)cc3)ccc21. The summed E-state index contributed by atoms with van der Waals surface area (Å²) >= 11 is 5.86. The van der Waals surface area contributed by atoms with Crippen LogP contribution in [0, 0.1) is 0 Å². The number of halogens is 1. The van der Waals surface area contributed by atoms with Crippen LogP contribution in [0.2, 0.25) is 5.02 Å². The predicted molar refractivity (Wildman–Crippen MR) is 113 cm³/mol. The quantitative estimate of drug-likeness (QED) is 0.645. The summed E-state index contributed by atoms with van der Waals surface area (Å²) in [4.78, 5) is 26.7. The molecule has 1 aliphatic rings. The fourth-order valence-electron chi connectivity index (χ4n) is 3.54. The number of hydrogen-bond donors (Lipinski definition) is 1. The smallest absolute Gasteiger partial charge is 0.322 e. The van der Waals surface area contributed by atoms with Crippen molar-refractivity contribution in [2.45, 2.75) is 44.8 Å². The lowest BCUT2D eigenvalue weighted by molar-refractivity contribution is -0.120. The van der Waals surface area contributed by atoms with Crippen molar-refractivity contribution >= 4 is 42.5 Å². The monoisotopic (exact) mass is 432 g/mol. The van der Waals surface area contributed by atoms with Crippen LogP contribution in [0.25, 0.3) is 0 Å². The van der Waals surface area contributed by atoms with Crippen molar-refractivity contribution in [3.05, 3.63) is 58.6 Å². The third kappa shape index (κ3) is 4.00. The number of fused-ring (bicyclic) bond motifs is 1. The molecular weight excluding hydrogens is 411 g/mol. The second kappa shape index (κ2) is 7.43. The summed E-state index contributed by atoms with van der Waals surface area (Å²) in [5, 5.41) is 1.94. The van der Waals surface area contributed by atoms with Crippen LogP contribution in [0.4, 0.5) is 11.4 Å². The number of carbonyl (C=O) groups is 2. The maximum atomic E-state index is 12.9. The van der Waals surface area contributed by atoms with Crippen molar-refractivity contribution < 1.29 is 18.7 Å². The minimum atomic E-state index is -2.91. The molecule has 0 aromatic heterocycles. The Morgan fingerprint density at radius 1 is 1.14 bits per heavy atom. The van der Waals surface area contributed by atoms with Crippen molar-refractivity contribution in [1.82, 2.24) is 0 Å². The number of rotatable bonds is 4. The molecule has 0 saturated heterocycles. The van der Waals surface area contributed by atoms with Crippen molar-refractivity contribution in [3.63, 3.8) is 0 Å². The van der Waals surface area contributed by atoms with Gasteiger partial charge in [-0.25, -0.2) is 9.13 Å². The van der Waals surface area contributed by atoms with Gasteiger partial charge in [0.15, 0.2) is 5.28 Å². The maximum absolute atomic E-state index is 12.9. The van der Waals surface area contributed by atoms with Gasteiger partial charge in [0, 0.05) is 28.1 Å². The van der Waals surface area contributed by atoms with Crippen LogP contribution >= 0.6 is 19.3 Å². The first-order valence-corrected chi connectivity index (χ1v) is 10.7. The van der Waals surface area contributed by atoms with E-state index in [4.69, 9.17) is 11.6 Å². The highest BCUT2D eigenvalue weighted by Crippen LogP contribution is 2.47. The molecule has 1 heterocycles. The van der Waals surface area contributed by atoms with Crippen LogP contribution in [0.15, 0.2) is 42.5 Å². The molecule has 2 aromatic carbocycles. The minimum Gasteiger partial charge on any atom is -0.322 e. The highest BCUT2D eigenvalue weighted by atomic mass is 35.5. The average molecular weight is 433 g/mol. The van der Waals surface area contributed by atoms with Gasteiger partial charge < -0.3 is 5.32 Å². The molecule has 2 aromatic rings. The molecule has 0 saturated carbocycles. The average Bonchev–Trinajstić information content (AvgIpc) is 2.60. The Hall–Kier alpha value is -2.43. The Balaban J connectivity index is 2.04. The van der Waals surface area contributed by atoms with E-state index in [2.05, 4.69) is 5.32 Å². The van der Waals surface area contributed by atoms with Gasteiger partial charge in [0.1, 0.15) is 0 Å². The van der Waals surface area contributed by atoms with Gasteiger partial charge in [-0.3, -0.25) is 14.5 Å². The van der Waals surface area contributed by atoms with Crippen LogP contribution in [0.5, 0.6) is 0 Å². The summed E-state index contributed by atoms with van der Waals surface area (Å²) in [5.41, 5.74) is 1.79. The lowest BCUT2D eigenvalue weighted by Gasteiger charge is -2.43. The number of amides is 2. The van der Waals surface area contributed by atoms with Gasteiger partial charge in [-0.1, -0.05) is 31.5 Å². The minimum absolute atomic E-state index is 0.198. The van der Waals surface area contributed by atoms with E-state index in [1.807, 2.05) is 19.9 Å². The van der Waals surface area contributed by atoms with E-state index in [-0.39, 0.29) is 18.2 Å². The van der Waals surface area contributed by atoms with E-state index in [1.165, 1.54) is 18.7 Å². The van der Waals surface area contributed by atoms with Gasteiger partial charge >= 0.3 is 7.68 Å². The zero-order valence-electron chi connectivity index (χ0n) is 16.7.